The molecule has 0 spiro atoms. The van der Waals surface area contributed by atoms with Gasteiger partial charge in [-0.25, -0.2) is 4.98 Å². The van der Waals surface area contributed by atoms with Gasteiger partial charge < -0.3 is 9.47 Å². The standard InChI is InChI=1S/C20H21N3O3/c1-14-7-8-19-21-15(9-20(24)23(19)10-14)11-22(2)12-16-13-25-17-5-3-4-6-18(17)26-16/h3-10,16H,11-13H2,1-2H3/t16-/m1/s1. The van der Waals surface area contributed by atoms with E-state index in [1.54, 1.807) is 10.5 Å². The topological polar surface area (TPSA) is 56.1 Å². The maximum atomic E-state index is 12.3. The number of fused-ring (bicyclic) bond motifs is 2. The van der Waals surface area contributed by atoms with Gasteiger partial charge in [-0.05, 0) is 37.7 Å². The molecular formula is C20H21N3O3. The van der Waals surface area contributed by atoms with Crippen LogP contribution in [0.5, 0.6) is 11.5 Å². The molecule has 134 valence electrons. The highest BCUT2D eigenvalue weighted by atomic mass is 16.6. The third-order valence-electron chi connectivity index (χ3n) is 4.38. The van der Waals surface area contributed by atoms with Crippen LogP contribution in [0.3, 0.4) is 0 Å². The minimum atomic E-state index is -0.0618. The molecule has 0 aliphatic carbocycles. The van der Waals surface area contributed by atoms with E-state index in [1.807, 2.05) is 56.6 Å². The fraction of sp³-hybridized carbons (Fsp3) is 0.300. The average Bonchev–Trinajstić information content (AvgIpc) is 2.62. The monoisotopic (exact) mass is 351 g/mol. The molecule has 0 radical (unpaired) electrons. The lowest BCUT2D eigenvalue weighted by molar-refractivity contribution is 0.0635. The highest BCUT2D eigenvalue weighted by molar-refractivity contribution is 5.41. The Bertz CT molecular complexity index is 999. The molecule has 3 aromatic rings. The lowest BCUT2D eigenvalue weighted by Gasteiger charge is -2.29. The van der Waals surface area contributed by atoms with E-state index in [-0.39, 0.29) is 11.7 Å². The van der Waals surface area contributed by atoms with Gasteiger partial charge in [0.25, 0.3) is 5.56 Å². The summed E-state index contributed by atoms with van der Waals surface area (Å²) >= 11 is 0. The molecule has 1 aliphatic heterocycles. The number of aryl methyl sites for hydroxylation is 1. The van der Waals surface area contributed by atoms with Crippen LogP contribution in [0.4, 0.5) is 0 Å². The van der Waals surface area contributed by atoms with Gasteiger partial charge in [0.1, 0.15) is 18.4 Å². The molecule has 1 aromatic carbocycles. The van der Waals surface area contributed by atoms with E-state index in [2.05, 4.69) is 9.88 Å². The zero-order valence-electron chi connectivity index (χ0n) is 14.9. The lowest BCUT2D eigenvalue weighted by Crippen LogP contribution is -2.39. The van der Waals surface area contributed by atoms with Gasteiger partial charge in [0, 0.05) is 25.4 Å². The average molecular weight is 351 g/mol. The molecule has 0 fully saturated rings. The van der Waals surface area contributed by atoms with Gasteiger partial charge in [-0.3, -0.25) is 14.1 Å². The Morgan fingerprint density at radius 3 is 2.88 bits per heavy atom. The van der Waals surface area contributed by atoms with E-state index >= 15 is 0 Å². The summed E-state index contributed by atoms with van der Waals surface area (Å²) in [6, 6.07) is 13.1. The Hall–Kier alpha value is -2.86. The van der Waals surface area contributed by atoms with Crippen LogP contribution in [0.25, 0.3) is 5.65 Å². The van der Waals surface area contributed by atoms with Crippen molar-refractivity contribution in [3.63, 3.8) is 0 Å². The molecule has 3 heterocycles. The summed E-state index contributed by atoms with van der Waals surface area (Å²) in [4.78, 5) is 19.0. The Labute approximate surface area is 151 Å². The largest absolute Gasteiger partial charge is 0.486 e. The Morgan fingerprint density at radius 2 is 2.04 bits per heavy atom. The number of likely N-dealkylation sites (N-methyl/N-ethyl adjacent to an activating group) is 1. The molecule has 1 aliphatic rings. The van der Waals surface area contributed by atoms with Crippen molar-refractivity contribution in [1.29, 1.82) is 0 Å². The summed E-state index contributed by atoms with van der Waals surface area (Å²) in [5.41, 5.74) is 2.38. The Morgan fingerprint density at radius 1 is 1.23 bits per heavy atom. The van der Waals surface area contributed by atoms with E-state index in [1.165, 1.54) is 0 Å². The first kappa shape index (κ1) is 16.6. The van der Waals surface area contributed by atoms with E-state index in [9.17, 15) is 4.79 Å². The fourth-order valence-electron chi connectivity index (χ4n) is 3.18. The van der Waals surface area contributed by atoms with Crippen molar-refractivity contribution in [2.24, 2.45) is 0 Å². The number of hydrogen-bond acceptors (Lipinski definition) is 5. The van der Waals surface area contributed by atoms with Crippen molar-refractivity contribution in [1.82, 2.24) is 14.3 Å². The predicted octanol–water partition coefficient (Wildman–Crippen LogP) is 2.27. The normalized spacial score (nSPS) is 16.2. The maximum absolute atomic E-state index is 12.3. The molecule has 4 rings (SSSR count). The number of para-hydroxylation sites is 2. The van der Waals surface area contributed by atoms with Gasteiger partial charge in [-0.15, -0.1) is 0 Å². The van der Waals surface area contributed by atoms with Gasteiger partial charge in [0.2, 0.25) is 0 Å². The number of aromatic nitrogens is 2. The first-order chi connectivity index (χ1) is 12.6. The second-order valence-electron chi connectivity index (χ2n) is 6.71. The predicted molar refractivity (Wildman–Crippen MR) is 98.9 cm³/mol. The van der Waals surface area contributed by atoms with E-state index in [0.717, 1.165) is 22.8 Å². The van der Waals surface area contributed by atoms with Crippen LogP contribution in [0, 0.1) is 6.92 Å². The smallest absolute Gasteiger partial charge is 0.258 e. The van der Waals surface area contributed by atoms with Crippen molar-refractivity contribution in [3.8, 4) is 11.5 Å². The highest BCUT2D eigenvalue weighted by Gasteiger charge is 2.22. The number of nitrogens with zero attached hydrogens (tertiary/aromatic N) is 3. The first-order valence-corrected chi connectivity index (χ1v) is 8.64. The zero-order valence-corrected chi connectivity index (χ0v) is 14.9. The fourth-order valence-corrected chi connectivity index (χ4v) is 3.18. The number of hydrogen-bond donors (Lipinski definition) is 0. The zero-order chi connectivity index (χ0) is 18.1. The van der Waals surface area contributed by atoms with Gasteiger partial charge in [0.15, 0.2) is 11.5 Å². The Balaban J connectivity index is 1.45. The van der Waals surface area contributed by atoms with Crippen molar-refractivity contribution in [3.05, 3.63) is 70.3 Å². The van der Waals surface area contributed by atoms with Crippen LogP contribution in [0.1, 0.15) is 11.3 Å². The third-order valence-corrected chi connectivity index (χ3v) is 4.38. The van der Waals surface area contributed by atoms with Crippen LogP contribution in [-0.4, -0.2) is 40.6 Å². The van der Waals surface area contributed by atoms with Crippen LogP contribution < -0.4 is 15.0 Å². The highest BCUT2D eigenvalue weighted by Crippen LogP contribution is 2.30. The van der Waals surface area contributed by atoms with Gasteiger partial charge >= 0.3 is 0 Å². The van der Waals surface area contributed by atoms with E-state index in [4.69, 9.17) is 9.47 Å². The lowest BCUT2D eigenvalue weighted by atomic mass is 10.2. The van der Waals surface area contributed by atoms with Crippen molar-refractivity contribution in [2.75, 3.05) is 20.2 Å². The maximum Gasteiger partial charge on any atom is 0.258 e. The summed E-state index contributed by atoms with van der Waals surface area (Å²) in [5.74, 6) is 1.56. The summed E-state index contributed by atoms with van der Waals surface area (Å²) in [7, 11) is 1.99. The molecule has 26 heavy (non-hydrogen) atoms. The van der Waals surface area contributed by atoms with Gasteiger partial charge in [0.05, 0.1) is 5.69 Å². The second-order valence-corrected chi connectivity index (χ2v) is 6.71. The minimum absolute atomic E-state index is 0.0564. The molecular weight excluding hydrogens is 330 g/mol. The van der Waals surface area contributed by atoms with Crippen molar-refractivity contribution in [2.45, 2.75) is 19.6 Å². The number of benzene rings is 1. The summed E-state index contributed by atoms with van der Waals surface area (Å²) < 4.78 is 13.3. The molecule has 0 saturated carbocycles. The summed E-state index contributed by atoms with van der Waals surface area (Å²) in [6.45, 7) is 3.72. The molecule has 2 aromatic heterocycles. The van der Waals surface area contributed by atoms with Crippen LogP contribution >= 0.6 is 0 Å². The summed E-state index contributed by atoms with van der Waals surface area (Å²) in [6.07, 6.45) is 1.75. The number of rotatable bonds is 4. The van der Waals surface area contributed by atoms with Gasteiger partial charge in [-0.2, -0.15) is 0 Å². The third kappa shape index (κ3) is 3.41. The molecule has 6 heteroatoms. The van der Waals surface area contributed by atoms with Crippen molar-refractivity contribution < 1.29 is 9.47 Å². The molecule has 0 bridgehead atoms. The molecule has 6 nitrogen and oxygen atoms in total. The molecule has 0 N–H and O–H groups in total. The molecule has 0 amide bonds. The minimum Gasteiger partial charge on any atom is -0.486 e. The van der Waals surface area contributed by atoms with E-state index in [0.29, 0.717) is 25.3 Å². The second kappa shape index (κ2) is 6.80. The number of ether oxygens (including phenoxy) is 2. The van der Waals surface area contributed by atoms with Crippen LogP contribution in [0.2, 0.25) is 0 Å². The number of pyridine rings is 1. The van der Waals surface area contributed by atoms with Gasteiger partial charge in [-0.1, -0.05) is 18.2 Å². The first-order valence-electron chi connectivity index (χ1n) is 8.64. The SMILES string of the molecule is Cc1ccc2nc(CN(C)C[C@@H]3COc4ccccc4O3)cc(=O)n2c1. The molecule has 1 atom stereocenters. The van der Waals surface area contributed by atoms with Crippen LogP contribution in [-0.2, 0) is 6.54 Å². The van der Waals surface area contributed by atoms with E-state index < -0.39 is 0 Å². The van der Waals surface area contributed by atoms with Crippen LogP contribution in [0.15, 0.2) is 53.5 Å². The molecule has 0 unspecified atom stereocenters. The Kier molecular flexibility index (Phi) is 4.34. The summed E-state index contributed by atoms with van der Waals surface area (Å²) in [5, 5.41) is 0. The molecule has 0 saturated heterocycles. The quantitative estimate of drug-likeness (QED) is 0.722. The van der Waals surface area contributed by atoms with Crippen molar-refractivity contribution >= 4 is 5.65 Å².